The van der Waals surface area contributed by atoms with Crippen molar-refractivity contribution < 1.29 is 19.1 Å². The van der Waals surface area contributed by atoms with E-state index in [4.69, 9.17) is 9.47 Å². The Morgan fingerprint density at radius 1 is 0.933 bits per heavy atom. The molecule has 1 heterocycles. The molecule has 2 aromatic carbocycles. The van der Waals surface area contributed by atoms with Gasteiger partial charge >= 0.3 is 6.03 Å². The van der Waals surface area contributed by atoms with Crippen LogP contribution in [0, 0.1) is 6.92 Å². The zero-order valence-electron chi connectivity index (χ0n) is 16.8. The van der Waals surface area contributed by atoms with Crippen molar-refractivity contribution in [3.8, 4) is 11.5 Å². The van der Waals surface area contributed by atoms with Gasteiger partial charge in [-0.2, -0.15) is 0 Å². The smallest absolute Gasteiger partial charge is 0.325 e. The third-order valence-corrected chi connectivity index (χ3v) is 4.90. The lowest BCUT2D eigenvalue weighted by molar-refractivity contribution is -0.115. The van der Waals surface area contributed by atoms with Gasteiger partial charge in [0.05, 0.1) is 26.3 Å². The Morgan fingerprint density at radius 3 is 2.33 bits per heavy atom. The molecule has 0 saturated heterocycles. The van der Waals surface area contributed by atoms with Crippen LogP contribution >= 0.6 is 11.3 Å². The number of carbonyl (C=O) groups excluding carboxylic acids is 2. The van der Waals surface area contributed by atoms with Crippen molar-refractivity contribution in [2.75, 3.05) is 30.2 Å². The van der Waals surface area contributed by atoms with E-state index in [9.17, 15) is 9.59 Å². The largest absolute Gasteiger partial charge is 0.493 e. The van der Waals surface area contributed by atoms with Crippen LogP contribution < -0.4 is 25.4 Å². The van der Waals surface area contributed by atoms with E-state index in [2.05, 4.69) is 20.9 Å². The van der Waals surface area contributed by atoms with E-state index in [1.54, 1.807) is 30.7 Å². The summed E-state index contributed by atoms with van der Waals surface area (Å²) in [6.45, 7) is 1.97. The summed E-state index contributed by atoms with van der Waals surface area (Å²) in [4.78, 5) is 28.7. The number of methoxy groups -OCH3 is 2. The first-order valence-corrected chi connectivity index (χ1v) is 9.95. The Hall–Kier alpha value is -3.59. The molecule has 9 heteroatoms. The van der Waals surface area contributed by atoms with Gasteiger partial charge in [0.25, 0.3) is 0 Å². The number of thiazole rings is 1. The highest BCUT2D eigenvalue weighted by Crippen LogP contribution is 2.29. The molecule has 3 N–H and O–H groups in total. The van der Waals surface area contributed by atoms with Gasteiger partial charge < -0.3 is 20.1 Å². The highest BCUT2D eigenvalue weighted by atomic mass is 32.1. The number of hydrogen-bond donors (Lipinski definition) is 3. The topological polar surface area (TPSA) is 102 Å². The van der Waals surface area contributed by atoms with Crippen molar-refractivity contribution in [1.82, 2.24) is 4.98 Å². The average Bonchev–Trinajstić information content (AvgIpc) is 3.15. The lowest BCUT2D eigenvalue weighted by Crippen LogP contribution is -2.19. The highest BCUT2D eigenvalue weighted by Gasteiger charge is 2.12. The van der Waals surface area contributed by atoms with Crippen LogP contribution in [0.25, 0.3) is 0 Å². The first-order chi connectivity index (χ1) is 14.5. The number of aromatic nitrogens is 1. The number of benzene rings is 2. The number of carbonyl (C=O) groups is 2. The van der Waals surface area contributed by atoms with E-state index in [-0.39, 0.29) is 12.3 Å². The van der Waals surface area contributed by atoms with E-state index in [1.165, 1.54) is 18.4 Å². The van der Waals surface area contributed by atoms with Crippen LogP contribution in [0.15, 0.2) is 47.8 Å². The summed E-state index contributed by atoms with van der Waals surface area (Å²) >= 11 is 1.25. The molecule has 0 atom stereocenters. The summed E-state index contributed by atoms with van der Waals surface area (Å²) in [5.41, 5.74) is 2.94. The van der Waals surface area contributed by atoms with Crippen LogP contribution in [0.2, 0.25) is 0 Å². The predicted octanol–water partition coefficient (Wildman–Crippen LogP) is 4.29. The maximum atomic E-state index is 12.3. The van der Waals surface area contributed by atoms with Gasteiger partial charge in [-0.25, -0.2) is 9.78 Å². The number of nitrogens with one attached hydrogen (secondary N) is 3. The predicted molar refractivity (Wildman–Crippen MR) is 118 cm³/mol. The minimum Gasteiger partial charge on any atom is -0.493 e. The van der Waals surface area contributed by atoms with Crippen LogP contribution in [0.3, 0.4) is 0 Å². The standard InChI is InChI=1S/C21H22N4O4S/c1-13-4-6-14(7-5-13)23-20(27)25-21-24-16(12-30-21)11-19(26)22-15-8-9-17(28-2)18(10-15)29-3/h4-10,12H,11H2,1-3H3,(H,22,26)(H2,23,24,25,27). The van der Waals surface area contributed by atoms with Crippen LogP contribution in [-0.4, -0.2) is 31.1 Å². The molecule has 0 radical (unpaired) electrons. The Balaban J connectivity index is 1.54. The van der Waals surface area contributed by atoms with Crippen molar-refractivity contribution in [2.45, 2.75) is 13.3 Å². The minimum atomic E-state index is -0.394. The molecule has 3 rings (SSSR count). The Morgan fingerprint density at radius 2 is 1.63 bits per heavy atom. The maximum absolute atomic E-state index is 12.3. The normalized spacial score (nSPS) is 10.2. The molecule has 0 aliphatic heterocycles. The first kappa shape index (κ1) is 21.1. The molecule has 0 unspecified atom stereocenters. The quantitative estimate of drug-likeness (QED) is 0.523. The summed E-state index contributed by atoms with van der Waals surface area (Å²) in [7, 11) is 3.08. The molecule has 1 aromatic heterocycles. The van der Waals surface area contributed by atoms with Crippen molar-refractivity contribution in [2.24, 2.45) is 0 Å². The van der Waals surface area contributed by atoms with Gasteiger partial charge in [-0.3, -0.25) is 10.1 Å². The Bertz CT molecular complexity index is 1030. The highest BCUT2D eigenvalue weighted by molar-refractivity contribution is 7.14. The van der Waals surface area contributed by atoms with Gasteiger partial charge in [-0.1, -0.05) is 17.7 Å². The zero-order chi connectivity index (χ0) is 21.5. The van der Waals surface area contributed by atoms with E-state index in [1.807, 2.05) is 31.2 Å². The zero-order valence-corrected chi connectivity index (χ0v) is 17.6. The van der Waals surface area contributed by atoms with Gasteiger partial charge in [0.2, 0.25) is 5.91 Å². The molecule has 30 heavy (non-hydrogen) atoms. The van der Waals surface area contributed by atoms with Crippen LogP contribution in [-0.2, 0) is 11.2 Å². The Kier molecular flexibility index (Phi) is 6.87. The van der Waals surface area contributed by atoms with Crippen LogP contribution in [0.5, 0.6) is 11.5 Å². The summed E-state index contributed by atoms with van der Waals surface area (Å²) in [6.07, 6.45) is 0.0755. The third-order valence-electron chi connectivity index (χ3n) is 4.09. The second-order valence-corrected chi connectivity index (χ2v) is 7.24. The monoisotopic (exact) mass is 426 g/mol. The lowest BCUT2D eigenvalue weighted by Gasteiger charge is -2.10. The van der Waals surface area contributed by atoms with Gasteiger partial charge in [0.1, 0.15) is 0 Å². The number of ether oxygens (including phenoxy) is 2. The summed E-state index contributed by atoms with van der Waals surface area (Å²) in [6, 6.07) is 12.2. The fraction of sp³-hybridized carbons (Fsp3) is 0.190. The fourth-order valence-corrected chi connectivity index (χ4v) is 3.33. The number of nitrogens with zero attached hydrogens (tertiary/aromatic N) is 1. The maximum Gasteiger partial charge on any atom is 0.325 e. The molecular formula is C21H22N4O4S. The van der Waals surface area contributed by atoms with Gasteiger partial charge in [-0.15, -0.1) is 11.3 Å². The average molecular weight is 426 g/mol. The molecule has 156 valence electrons. The Labute approximate surface area is 178 Å². The molecule has 0 spiro atoms. The van der Waals surface area contributed by atoms with E-state index in [0.29, 0.717) is 33.7 Å². The van der Waals surface area contributed by atoms with Crippen molar-refractivity contribution >= 4 is 39.8 Å². The second-order valence-electron chi connectivity index (χ2n) is 6.38. The summed E-state index contributed by atoms with van der Waals surface area (Å²) in [5.74, 6) is 0.868. The molecule has 0 bridgehead atoms. The molecule has 0 aliphatic rings. The number of amides is 3. The molecule has 0 aliphatic carbocycles. The van der Waals surface area contributed by atoms with E-state index >= 15 is 0 Å². The van der Waals surface area contributed by atoms with Gasteiger partial charge in [0, 0.05) is 22.8 Å². The number of hydrogen-bond acceptors (Lipinski definition) is 6. The fourth-order valence-electron chi connectivity index (χ4n) is 2.63. The SMILES string of the molecule is COc1ccc(NC(=O)Cc2csc(NC(=O)Nc3ccc(C)cc3)n2)cc1OC. The van der Waals surface area contributed by atoms with Crippen molar-refractivity contribution in [3.05, 3.63) is 59.1 Å². The molecule has 0 fully saturated rings. The summed E-state index contributed by atoms with van der Waals surface area (Å²) in [5, 5.41) is 10.3. The second kappa shape index (κ2) is 9.75. The van der Waals surface area contributed by atoms with Gasteiger partial charge in [-0.05, 0) is 31.2 Å². The van der Waals surface area contributed by atoms with Crippen molar-refractivity contribution in [3.63, 3.8) is 0 Å². The molecular weight excluding hydrogens is 404 g/mol. The summed E-state index contributed by atoms with van der Waals surface area (Å²) < 4.78 is 10.4. The van der Waals surface area contributed by atoms with Crippen LogP contribution in [0.1, 0.15) is 11.3 Å². The molecule has 3 aromatic rings. The lowest BCUT2D eigenvalue weighted by atomic mass is 10.2. The molecule has 0 saturated carbocycles. The number of aryl methyl sites for hydroxylation is 1. The number of rotatable bonds is 7. The molecule has 3 amide bonds. The number of anilines is 3. The van der Waals surface area contributed by atoms with Crippen molar-refractivity contribution in [1.29, 1.82) is 0 Å². The third kappa shape index (κ3) is 5.71. The number of urea groups is 1. The van der Waals surface area contributed by atoms with Crippen LogP contribution in [0.4, 0.5) is 21.3 Å². The first-order valence-electron chi connectivity index (χ1n) is 9.08. The molecule has 8 nitrogen and oxygen atoms in total. The van der Waals surface area contributed by atoms with E-state index in [0.717, 1.165) is 5.56 Å². The van der Waals surface area contributed by atoms with Gasteiger partial charge in [0.15, 0.2) is 16.6 Å². The van der Waals surface area contributed by atoms with E-state index < -0.39 is 6.03 Å². The minimum absolute atomic E-state index is 0.0755.